The van der Waals surface area contributed by atoms with Crippen molar-refractivity contribution in [1.82, 2.24) is 10.6 Å². The maximum atomic E-state index is 11.5. The lowest BCUT2D eigenvalue weighted by Gasteiger charge is -2.23. The highest BCUT2D eigenvalue weighted by atomic mass is 32.2. The van der Waals surface area contributed by atoms with Crippen LogP contribution in [-0.2, 0) is 9.59 Å². The van der Waals surface area contributed by atoms with Crippen LogP contribution in [0.15, 0.2) is 0 Å². The van der Waals surface area contributed by atoms with Crippen LogP contribution >= 0.6 is 11.8 Å². The highest BCUT2D eigenvalue weighted by molar-refractivity contribution is 7.99. The van der Waals surface area contributed by atoms with E-state index in [0.717, 1.165) is 12.3 Å². The van der Waals surface area contributed by atoms with Crippen molar-refractivity contribution in [2.24, 2.45) is 0 Å². The highest BCUT2D eigenvalue weighted by Gasteiger charge is 2.25. The summed E-state index contributed by atoms with van der Waals surface area (Å²) in [7, 11) is 0. The number of carbonyl (C=O) groups is 2. The lowest BCUT2D eigenvalue weighted by Crippen LogP contribution is -2.54. The van der Waals surface area contributed by atoms with Crippen molar-refractivity contribution in [3.05, 3.63) is 0 Å². The standard InChI is InChI=1S/C8H14N2O4S/c11-3-5(8(13)14)10-7(12)6-4-15-2-1-9-6/h5-6,9,11H,1-4H2,(H,10,12)(H,13,14)/t5-,6?/m1/s1. The molecule has 1 saturated heterocycles. The Kier molecular flexibility index (Phi) is 4.86. The van der Waals surface area contributed by atoms with Crippen molar-refractivity contribution < 1.29 is 19.8 Å². The molecule has 1 unspecified atom stereocenters. The van der Waals surface area contributed by atoms with E-state index in [4.69, 9.17) is 10.2 Å². The fourth-order valence-corrected chi connectivity index (χ4v) is 2.13. The molecule has 15 heavy (non-hydrogen) atoms. The molecule has 86 valence electrons. The zero-order valence-electron chi connectivity index (χ0n) is 8.10. The van der Waals surface area contributed by atoms with Gasteiger partial charge in [0.15, 0.2) is 0 Å². The van der Waals surface area contributed by atoms with E-state index < -0.39 is 18.6 Å². The summed E-state index contributed by atoms with van der Waals surface area (Å²) < 4.78 is 0. The summed E-state index contributed by atoms with van der Waals surface area (Å²) in [5, 5.41) is 22.6. The van der Waals surface area contributed by atoms with E-state index in [0.29, 0.717) is 5.75 Å². The monoisotopic (exact) mass is 234 g/mol. The highest BCUT2D eigenvalue weighted by Crippen LogP contribution is 2.07. The molecule has 0 aliphatic carbocycles. The van der Waals surface area contributed by atoms with Crippen LogP contribution in [0.2, 0.25) is 0 Å². The van der Waals surface area contributed by atoms with Gasteiger partial charge in [-0.25, -0.2) is 4.79 Å². The first-order chi connectivity index (χ1) is 7.15. The molecule has 2 atom stereocenters. The second-order valence-electron chi connectivity index (χ2n) is 3.16. The lowest BCUT2D eigenvalue weighted by atomic mass is 10.2. The van der Waals surface area contributed by atoms with E-state index >= 15 is 0 Å². The van der Waals surface area contributed by atoms with E-state index in [9.17, 15) is 9.59 Å². The van der Waals surface area contributed by atoms with Crippen molar-refractivity contribution in [2.45, 2.75) is 12.1 Å². The van der Waals surface area contributed by atoms with Gasteiger partial charge in [-0.15, -0.1) is 0 Å². The first kappa shape index (κ1) is 12.3. The first-order valence-corrected chi connectivity index (χ1v) is 5.75. The Morgan fingerprint density at radius 3 is 2.80 bits per heavy atom. The van der Waals surface area contributed by atoms with E-state index in [1.165, 1.54) is 0 Å². The second-order valence-corrected chi connectivity index (χ2v) is 4.31. The molecule has 1 heterocycles. The molecule has 0 bridgehead atoms. The van der Waals surface area contributed by atoms with Gasteiger partial charge in [-0.1, -0.05) is 0 Å². The molecule has 1 aliphatic heterocycles. The van der Waals surface area contributed by atoms with Crippen LogP contribution in [0.3, 0.4) is 0 Å². The van der Waals surface area contributed by atoms with E-state index in [2.05, 4.69) is 10.6 Å². The molecule has 0 saturated carbocycles. The summed E-state index contributed by atoms with van der Waals surface area (Å²) in [5.41, 5.74) is 0. The smallest absolute Gasteiger partial charge is 0.328 e. The molecule has 0 aromatic carbocycles. The Balaban J connectivity index is 2.42. The summed E-state index contributed by atoms with van der Waals surface area (Å²) in [4.78, 5) is 22.1. The van der Waals surface area contributed by atoms with E-state index in [-0.39, 0.29) is 11.9 Å². The largest absolute Gasteiger partial charge is 0.480 e. The molecule has 1 amide bonds. The Morgan fingerprint density at radius 2 is 2.33 bits per heavy atom. The number of aliphatic hydroxyl groups is 1. The third-order valence-corrected chi connectivity index (χ3v) is 3.10. The normalized spacial score (nSPS) is 23.1. The summed E-state index contributed by atoms with van der Waals surface area (Å²) in [6.07, 6.45) is 0. The number of thioether (sulfide) groups is 1. The number of hydrogen-bond donors (Lipinski definition) is 4. The van der Waals surface area contributed by atoms with Crippen LogP contribution < -0.4 is 10.6 Å². The number of rotatable bonds is 4. The summed E-state index contributed by atoms with van der Waals surface area (Å²) >= 11 is 1.64. The summed E-state index contributed by atoms with van der Waals surface area (Å²) in [6.45, 7) is 0.139. The van der Waals surface area contributed by atoms with Crippen molar-refractivity contribution >= 4 is 23.6 Å². The van der Waals surface area contributed by atoms with Crippen molar-refractivity contribution in [1.29, 1.82) is 0 Å². The predicted octanol–water partition coefficient (Wildman–Crippen LogP) is -1.75. The minimum absolute atomic E-state index is 0.364. The van der Waals surface area contributed by atoms with Crippen LogP contribution in [0, 0.1) is 0 Å². The number of hydrogen-bond acceptors (Lipinski definition) is 5. The molecule has 1 aliphatic rings. The van der Waals surface area contributed by atoms with Crippen molar-refractivity contribution in [2.75, 3.05) is 24.7 Å². The minimum Gasteiger partial charge on any atom is -0.480 e. The van der Waals surface area contributed by atoms with Gasteiger partial charge >= 0.3 is 5.97 Å². The minimum atomic E-state index is -1.23. The van der Waals surface area contributed by atoms with Gasteiger partial charge in [-0.3, -0.25) is 4.79 Å². The molecule has 0 radical (unpaired) electrons. The predicted molar refractivity (Wildman–Crippen MR) is 55.8 cm³/mol. The number of aliphatic hydroxyl groups excluding tert-OH is 1. The average Bonchev–Trinajstić information content (AvgIpc) is 2.26. The third-order valence-electron chi connectivity index (χ3n) is 2.04. The third kappa shape index (κ3) is 3.69. The maximum absolute atomic E-state index is 11.5. The average molecular weight is 234 g/mol. The topological polar surface area (TPSA) is 98.7 Å². The van der Waals surface area contributed by atoms with Crippen LogP contribution in [-0.4, -0.2) is 58.8 Å². The Morgan fingerprint density at radius 1 is 1.60 bits per heavy atom. The maximum Gasteiger partial charge on any atom is 0.328 e. The van der Waals surface area contributed by atoms with Gasteiger partial charge in [-0.05, 0) is 0 Å². The van der Waals surface area contributed by atoms with Gasteiger partial charge in [-0.2, -0.15) is 11.8 Å². The van der Waals surface area contributed by atoms with Crippen LogP contribution in [0.5, 0.6) is 0 Å². The van der Waals surface area contributed by atoms with Gasteiger partial charge in [0.1, 0.15) is 6.04 Å². The number of carboxylic acid groups (broad SMARTS) is 1. The van der Waals surface area contributed by atoms with Gasteiger partial charge in [0.05, 0.1) is 12.6 Å². The van der Waals surface area contributed by atoms with Gasteiger partial charge in [0.25, 0.3) is 0 Å². The first-order valence-electron chi connectivity index (χ1n) is 4.60. The Bertz CT molecular complexity index is 243. The molecule has 0 spiro atoms. The molecule has 0 aromatic rings. The molecule has 7 heteroatoms. The van der Waals surface area contributed by atoms with Crippen molar-refractivity contribution in [3.63, 3.8) is 0 Å². The quantitative estimate of drug-likeness (QED) is 0.460. The van der Waals surface area contributed by atoms with Crippen LogP contribution in [0.4, 0.5) is 0 Å². The zero-order chi connectivity index (χ0) is 11.3. The number of carbonyl (C=O) groups excluding carboxylic acids is 1. The molecule has 6 nitrogen and oxygen atoms in total. The Hall–Kier alpha value is -0.790. The van der Waals surface area contributed by atoms with Crippen LogP contribution in [0.1, 0.15) is 0 Å². The molecular formula is C8H14N2O4S. The van der Waals surface area contributed by atoms with Gasteiger partial charge < -0.3 is 20.8 Å². The summed E-state index contributed by atoms with van der Waals surface area (Å²) in [5.74, 6) is -0.0200. The molecular weight excluding hydrogens is 220 g/mol. The van der Waals surface area contributed by atoms with E-state index in [1.54, 1.807) is 11.8 Å². The molecule has 1 rings (SSSR count). The molecule has 1 fully saturated rings. The molecule has 0 aromatic heterocycles. The van der Waals surface area contributed by atoms with Gasteiger partial charge in [0.2, 0.25) is 5.91 Å². The fraction of sp³-hybridized carbons (Fsp3) is 0.750. The van der Waals surface area contributed by atoms with E-state index in [1.807, 2.05) is 0 Å². The number of carboxylic acids is 1. The molecule has 4 N–H and O–H groups in total. The summed E-state index contributed by atoms with van der Waals surface area (Å²) in [6, 6.07) is -1.58. The second kappa shape index (κ2) is 5.94. The van der Waals surface area contributed by atoms with Crippen molar-refractivity contribution in [3.8, 4) is 0 Å². The number of nitrogens with one attached hydrogen (secondary N) is 2. The fourth-order valence-electron chi connectivity index (χ4n) is 1.19. The number of amides is 1. The lowest BCUT2D eigenvalue weighted by molar-refractivity contribution is -0.143. The zero-order valence-corrected chi connectivity index (χ0v) is 8.92. The van der Waals surface area contributed by atoms with Gasteiger partial charge in [0, 0.05) is 18.1 Å². The number of aliphatic carboxylic acids is 1. The van der Waals surface area contributed by atoms with Crippen LogP contribution in [0.25, 0.3) is 0 Å². The SMILES string of the molecule is O=C(N[C@H](CO)C(=O)O)C1CSCCN1. The Labute approximate surface area is 91.4 Å².